The van der Waals surface area contributed by atoms with Gasteiger partial charge in [-0.2, -0.15) is 26.3 Å². The highest BCUT2D eigenvalue weighted by Gasteiger charge is 2.34. The van der Waals surface area contributed by atoms with Crippen LogP contribution in [-0.4, -0.2) is 24.4 Å². The van der Waals surface area contributed by atoms with Crippen LogP contribution in [0.25, 0.3) is 0 Å². The molecule has 0 amide bonds. The smallest absolute Gasteiger partial charge is 0.416 e. The summed E-state index contributed by atoms with van der Waals surface area (Å²) in [7, 11) is 0. The highest BCUT2D eigenvalue weighted by Crippen LogP contribution is 2.46. The maximum absolute atomic E-state index is 12.6. The summed E-state index contributed by atoms with van der Waals surface area (Å²) in [6.07, 6.45) is -7.58. The van der Waals surface area contributed by atoms with Crippen LogP contribution in [0, 0.1) is 0 Å². The summed E-state index contributed by atoms with van der Waals surface area (Å²) in [4.78, 5) is 0. The van der Waals surface area contributed by atoms with Gasteiger partial charge in [-0.1, -0.05) is 0 Å². The first-order chi connectivity index (χ1) is 13.5. The van der Waals surface area contributed by atoms with Crippen LogP contribution in [0.15, 0.2) is 36.4 Å². The Morgan fingerprint density at radius 2 is 1.24 bits per heavy atom. The molecule has 1 saturated heterocycles. The molecule has 2 N–H and O–H groups in total. The van der Waals surface area contributed by atoms with E-state index in [4.69, 9.17) is 14.6 Å². The Morgan fingerprint density at radius 1 is 0.793 bits per heavy atom. The highest BCUT2D eigenvalue weighted by molar-refractivity contribution is 5.76. The van der Waals surface area contributed by atoms with Crippen molar-refractivity contribution in [2.24, 2.45) is 0 Å². The first-order valence-electron chi connectivity index (χ1n) is 8.67. The third-order valence-electron chi connectivity index (χ3n) is 4.30. The molecule has 1 fully saturated rings. The molecular formula is C19H17F6NO3. The van der Waals surface area contributed by atoms with Crippen LogP contribution in [0.1, 0.15) is 24.0 Å². The van der Waals surface area contributed by atoms with Gasteiger partial charge >= 0.3 is 12.4 Å². The molecule has 0 aromatic heterocycles. The van der Waals surface area contributed by atoms with E-state index in [1.807, 2.05) is 0 Å². The summed E-state index contributed by atoms with van der Waals surface area (Å²) >= 11 is 0. The van der Waals surface area contributed by atoms with Crippen LogP contribution in [0.4, 0.5) is 37.7 Å². The van der Waals surface area contributed by atoms with Gasteiger partial charge in [0.15, 0.2) is 11.5 Å². The number of anilines is 2. The number of nitrogens with one attached hydrogen (secondary N) is 1. The monoisotopic (exact) mass is 421 g/mol. The zero-order valence-electron chi connectivity index (χ0n) is 14.9. The molecule has 4 rings (SSSR count). The molecule has 2 aromatic rings. The molecule has 0 bridgehead atoms. The van der Waals surface area contributed by atoms with Crippen molar-refractivity contribution >= 4 is 11.4 Å². The highest BCUT2D eigenvalue weighted by atomic mass is 19.4. The molecule has 0 saturated carbocycles. The molecule has 2 heterocycles. The van der Waals surface area contributed by atoms with Gasteiger partial charge in [0.1, 0.15) is 0 Å². The van der Waals surface area contributed by atoms with E-state index in [0.717, 1.165) is 50.3 Å². The standard InChI is InChI=1S/C14H7F6NO.C5H10O2/c15-13(16,17)7-1-3-9-11(5-7)22-12-6-8(14(18,19)20)2-4-10(12)21-9;6-5-1-3-7-4-2-5/h1-6,21H;5-6H,1-4H2. The van der Waals surface area contributed by atoms with Crippen LogP contribution >= 0.6 is 0 Å². The normalized spacial score (nSPS) is 16.5. The second-order valence-electron chi connectivity index (χ2n) is 6.49. The van der Waals surface area contributed by atoms with Gasteiger partial charge in [0.25, 0.3) is 0 Å². The van der Waals surface area contributed by atoms with Gasteiger partial charge in [-0.25, -0.2) is 0 Å². The Labute approximate surface area is 162 Å². The topological polar surface area (TPSA) is 50.7 Å². The van der Waals surface area contributed by atoms with Gasteiger partial charge < -0.3 is 19.9 Å². The van der Waals surface area contributed by atoms with Crippen LogP contribution < -0.4 is 10.1 Å². The predicted molar refractivity (Wildman–Crippen MR) is 92.3 cm³/mol. The first-order valence-corrected chi connectivity index (χ1v) is 8.67. The van der Waals surface area contributed by atoms with E-state index in [-0.39, 0.29) is 29.0 Å². The van der Waals surface area contributed by atoms with E-state index in [1.54, 1.807) is 0 Å². The molecule has 2 aromatic carbocycles. The van der Waals surface area contributed by atoms with Gasteiger partial charge in [-0.3, -0.25) is 0 Å². The van der Waals surface area contributed by atoms with Crippen molar-refractivity contribution in [1.82, 2.24) is 0 Å². The maximum Gasteiger partial charge on any atom is 0.416 e. The minimum absolute atomic E-state index is 0.0891. The number of ether oxygens (including phenoxy) is 2. The van der Waals surface area contributed by atoms with E-state index >= 15 is 0 Å². The predicted octanol–water partition coefficient (Wildman–Crippen LogP) is 5.73. The van der Waals surface area contributed by atoms with Crippen molar-refractivity contribution in [2.75, 3.05) is 18.5 Å². The van der Waals surface area contributed by atoms with E-state index < -0.39 is 23.5 Å². The van der Waals surface area contributed by atoms with E-state index in [9.17, 15) is 26.3 Å². The SMILES string of the molecule is FC(F)(F)c1ccc2c(c1)Oc1cc(C(F)(F)F)ccc1N2.OC1CCOCC1. The summed E-state index contributed by atoms with van der Waals surface area (Å²) in [5.41, 5.74) is -1.38. The van der Waals surface area contributed by atoms with Crippen LogP contribution in [0.2, 0.25) is 0 Å². The van der Waals surface area contributed by atoms with Crippen molar-refractivity contribution in [1.29, 1.82) is 0 Å². The number of alkyl halides is 6. The first kappa shape index (κ1) is 21.3. The van der Waals surface area contributed by atoms with Crippen molar-refractivity contribution < 1.29 is 40.9 Å². The molecule has 0 unspecified atom stereocenters. The van der Waals surface area contributed by atoms with Gasteiger partial charge in [0.05, 0.1) is 28.6 Å². The molecule has 2 aliphatic rings. The molecule has 2 aliphatic heterocycles. The maximum atomic E-state index is 12.6. The lowest BCUT2D eigenvalue weighted by Gasteiger charge is -2.23. The molecular weight excluding hydrogens is 404 g/mol. The quantitative estimate of drug-likeness (QED) is 0.455. The summed E-state index contributed by atoms with van der Waals surface area (Å²) in [5, 5.41) is 11.6. The summed E-state index contributed by atoms with van der Waals surface area (Å²) in [6.45, 7) is 1.47. The van der Waals surface area contributed by atoms with E-state index in [0.29, 0.717) is 0 Å². The number of rotatable bonds is 0. The minimum atomic E-state index is -4.56. The van der Waals surface area contributed by atoms with Crippen molar-refractivity contribution in [3.05, 3.63) is 47.5 Å². The Morgan fingerprint density at radius 3 is 1.59 bits per heavy atom. The Hall–Kier alpha value is -2.46. The van der Waals surface area contributed by atoms with Crippen molar-refractivity contribution in [3.63, 3.8) is 0 Å². The fraction of sp³-hybridized carbons (Fsp3) is 0.368. The minimum Gasteiger partial charge on any atom is -0.453 e. The molecule has 158 valence electrons. The Bertz CT molecular complexity index is 798. The number of aliphatic hydroxyl groups excluding tert-OH is 1. The van der Waals surface area contributed by atoms with Crippen molar-refractivity contribution in [2.45, 2.75) is 31.3 Å². The Kier molecular flexibility index (Phi) is 5.95. The Balaban J connectivity index is 0.000000290. The average Bonchev–Trinajstić information content (AvgIpc) is 2.65. The average molecular weight is 421 g/mol. The molecule has 0 aliphatic carbocycles. The van der Waals surface area contributed by atoms with Gasteiger partial charge in [0.2, 0.25) is 0 Å². The number of benzene rings is 2. The number of fused-ring (bicyclic) bond motifs is 2. The van der Waals surface area contributed by atoms with Crippen LogP contribution in [-0.2, 0) is 17.1 Å². The second kappa shape index (κ2) is 8.11. The van der Waals surface area contributed by atoms with E-state index in [1.165, 1.54) is 12.1 Å². The summed E-state index contributed by atoms with van der Waals surface area (Å²) < 4.78 is 86.1. The zero-order chi connectivity index (χ0) is 21.2. The van der Waals surface area contributed by atoms with Gasteiger partial charge in [0, 0.05) is 13.2 Å². The molecule has 29 heavy (non-hydrogen) atoms. The van der Waals surface area contributed by atoms with Gasteiger partial charge in [-0.15, -0.1) is 0 Å². The number of aliphatic hydroxyl groups is 1. The lowest BCUT2D eigenvalue weighted by molar-refractivity contribution is -0.138. The molecule has 0 atom stereocenters. The number of hydrogen-bond donors (Lipinski definition) is 2. The third-order valence-corrected chi connectivity index (χ3v) is 4.30. The molecule has 0 radical (unpaired) electrons. The molecule has 4 nitrogen and oxygen atoms in total. The van der Waals surface area contributed by atoms with Gasteiger partial charge in [-0.05, 0) is 49.2 Å². The van der Waals surface area contributed by atoms with Crippen LogP contribution in [0.5, 0.6) is 11.5 Å². The molecule has 10 heteroatoms. The second-order valence-corrected chi connectivity index (χ2v) is 6.49. The molecule has 0 spiro atoms. The number of halogens is 6. The summed E-state index contributed by atoms with van der Waals surface area (Å²) in [6, 6.07) is 5.54. The third kappa shape index (κ3) is 5.33. The largest absolute Gasteiger partial charge is 0.453 e. The zero-order valence-corrected chi connectivity index (χ0v) is 14.9. The summed E-state index contributed by atoms with van der Waals surface area (Å²) in [5.74, 6) is -0.358. The number of hydrogen-bond acceptors (Lipinski definition) is 4. The van der Waals surface area contributed by atoms with Crippen molar-refractivity contribution in [3.8, 4) is 11.5 Å². The lowest BCUT2D eigenvalue weighted by Crippen LogP contribution is -2.19. The lowest BCUT2D eigenvalue weighted by atomic mass is 10.1. The van der Waals surface area contributed by atoms with E-state index in [2.05, 4.69) is 5.32 Å². The van der Waals surface area contributed by atoms with Crippen LogP contribution in [0.3, 0.4) is 0 Å². The fourth-order valence-corrected chi connectivity index (χ4v) is 2.72. The fourth-order valence-electron chi connectivity index (χ4n) is 2.72.